The molecule has 1 amide bonds. The van der Waals surface area contributed by atoms with Gasteiger partial charge in [-0.3, -0.25) is 4.79 Å². The van der Waals surface area contributed by atoms with Crippen molar-refractivity contribution in [1.82, 2.24) is 15.6 Å². The third-order valence-electron chi connectivity index (χ3n) is 4.24. The highest BCUT2D eigenvalue weighted by atomic mass is 35.5. The molecule has 0 bridgehead atoms. The number of carbonyl (C=O) groups excluding carboxylic acids is 1. The van der Waals surface area contributed by atoms with Crippen LogP contribution in [0.1, 0.15) is 25.7 Å². The molecular formula is C18H24ClF3N4O2. The Morgan fingerprint density at radius 3 is 2.61 bits per heavy atom. The molecule has 1 saturated heterocycles. The fourth-order valence-electron chi connectivity index (χ4n) is 2.78. The third-order valence-corrected chi connectivity index (χ3v) is 4.55. The Kier molecular flexibility index (Phi) is 8.22. The van der Waals surface area contributed by atoms with E-state index >= 15 is 0 Å². The van der Waals surface area contributed by atoms with Crippen molar-refractivity contribution in [3.63, 3.8) is 0 Å². The average Bonchev–Trinajstić information content (AvgIpc) is 2.66. The molecule has 0 aliphatic carbocycles. The molecular weight excluding hydrogens is 397 g/mol. The van der Waals surface area contributed by atoms with Crippen LogP contribution in [0.5, 0.6) is 5.75 Å². The van der Waals surface area contributed by atoms with Gasteiger partial charge in [-0.25, -0.2) is 0 Å². The number of likely N-dealkylation sites (tertiary alicyclic amines) is 1. The number of hydrogen-bond donors (Lipinski definition) is 2. The fraction of sp³-hybridized carbons (Fsp3) is 0.556. The number of benzene rings is 1. The summed E-state index contributed by atoms with van der Waals surface area (Å²) in [6.45, 7) is 1.10. The van der Waals surface area contributed by atoms with Crippen LogP contribution < -0.4 is 15.5 Å². The second-order valence-electron chi connectivity index (χ2n) is 6.38. The number of carbonyl (C=O) groups is 1. The first-order chi connectivity index (χ1) is 13.3. The summed E-state index contributed by atoms with van der Waals surface area (Å²) in [6, 6.07) is 7.23. The number of rotatable bonds is 6. The molecule has 10 heteroatoms. The summed E-state index contributed by atoms with van der Waals surface area (Å²) in [6.07, 6.45) is -3.91. The number of nitrogens with zero attached hydrogens (tertiary/aromatic N) is 2. The van der Waals surface area contributed by atoms with Gasteiger partial charge in [0.1, 0.15) is 11.9 Å². The van der Waals surface area contributed by atoms with Gasteiger partial charge in [0.2, 0.25) is 5.84 Å². The molecule has 1 aliphatic heterocycles. The first-order valence-corrected chi connectivity index (χ1v) is 9.43. The predicted octanol–water partition coefficient (Wildman–Crippen LogP) is 3.17. The van der Waals surface area contributed by atoms with Crippen LogP contribution in [-0.4, -0.2) is 55.6 Å². The highest BCUT2D eigenvalue weighted by Crippen LogP contribution is 2.27. The van der Waals surface area contributed by atoms with Crippen molar-refractivity contribution in [1.29, 1.82) is 0 Å². The van der Waals surface area contributed by atoms with Crippen LogP contribution >= 0.6 is 11.6 Å². The van der Waals surface area contributed by atoms with Gasteiger partial charge in [0, 0.05) is 45.9 Å². The lowest BCUT2D eigenvalue weighted by Gasteiger charge is -2.33. The Balaban J connectivity index is 1.87. The van der Waals surface area contributed by atoms with E-state index in [0.717, 1.165) is 0 Å². The van der Waals surface area contributed by atoms with E-state index in [1.807, 2.05) is 12.1 Å². The molecule has 28 heavy (non-hydrogen) atoms. The molecule has 0 unspecified atom stereocenters. The molecule has 0 radical (unpaired) electrons. The number of amidine groups is 1. The summed E-state index contributed by atoms with van der Waals surface area (Å²) >= 11 is 6.11. The van der Waals surface area contributed by atoms with Crippen LogP contribution in [0.4, 0.5) is 13.2 Å². The van der Waals surface area contributed by atoms with Crippen molar-refractivity contribution in [2.75, 3.05) is 26.7 Å². The van der Waals surface area contributed by atoms with Gasteiger partial charge in [0.15, 0.2) is 0 Å². The molecule has 1 aromatic carbocycles. The maximum atomic E-state index is 12.2. The Hall–Kier alpha value is -2.16. The van der Waals surface area contributed by atoms with Gasteiger partial charge in [0.25, 0.3) is 5.91 Å². The predicted molar refractivity (Wildman–Crippen MR) is 101 cm³/mol. The minimum absolute atomic E-state index is 0.0338. The lowest BCUT2D eigenvalue weighted by molar-refractivity contribution is -0.135. The van der Waals surface area contributed by atoms with E-state index in [1.54, 1.807) is 17.0 Å². The molecule has 0 spiro atoms. The molecule has 0 aromatic heterocycles. The van der Waals surface area contributed by atoms with Crippen molar-refractivity contribution < 1.29 is 22.7 Å². The third kappa shape index (κ3) is 7.10. The summed E-state index contributed by atoms with van der Waals surface area (Å²) < 4.78 is 42.5. The Labute approximate surface area is 167 Å². The van der Waals surface area contributed by atoms with Crippen LogP contribution in [0.25, 0.3) is 0 Å². The van der Waals surface area contributed by atoms with Gasteiger partial charge in [-0.1, -0.05) is 23.7 Å². The van der Waals surface area contributed by atoms with Gasteiger partial charge < -0.3 is 20.4 Å². The highest BCUT2D eigenvalue weighted by molar-refractivity contribution is 6.37. The first-order valence-electron chi connectivity index (χ1n) is 9.05. The van der Waals surface area contributed by atoms with Crippen LogP contribution in [0.2, 0.25) is 5.02 Å². The molecule has 1 fully saturated rings. The summed E-state index contributed by atoms with van der Waals surface area (Å²) in [5, 5.41) is 7.06. The number of ether oxygens (including phenoxy) is 1. The van der Waals surface area contributed by atoms with Gasteiger partial charge in [-0.15, -0.1) is 0 Å². The highest BCUT2D eigenvalue weighted by Gasteiger charge is 2.27. The monoisotopic (exact) mass is 420 g/mol. The molecule has 2 N–H and O–H groups in total. The van der Waals surface area contributed by atoms with E-state index in [2.05, 4.69) is 15.8 Å². The van der Waals surface area contributed by atoms with E-state index in [-0.39, 0.29) is 24.9 Å². The largest absolute Gasteiger partial charge is 0.489 e. The number of hydrogen-bond acceptors (Lipinski definition) is 4. The van der Waals surface area contributed by atoms with Crippen LogP contribution in [-0.2, 0) is 4.79 Å². The van der Waals surface area contributed by atoms with Crippen molar-refractivity contribution in [3.05, 3.63) is 29.3 Å². The number of nitrogens with one attached hydrogen (secondary N) is 2. The smallest absolute Gasteiger partial charge is 0.389 e. The van der Waals surface area contributed by atoms with Gasteiger partial charge >= 0.3 is 6.18 Å². The molecule has 0 atom stereocenters. The van der Waals surface area contributed by atoms with Crippen molar-refractivity contribution in [2.45, 2.75) is 38.0 Å². The zero-order valence-electron chi connectivity index (χ0n) is 15.6. The molecule has 2 rings (SSSR count). The molecule has 0 saturated carbocycles. The van der Waals surface area contributed by atoms with Crippen molar-refractivity contribution in [3.8, 4) is 5.75 Å². The number of alkyl halides is 3. The maximum Gasteiger partial charge on any atom is 0.389 e. The number of halogens is 4. The minimum Gasteiger partial charge on any atom is -0.489 e. The number of amides is 1. The Bertz CT molecular complexity index is 677. The topological polar surface area (TPSA) is 66.0 Å². The van der Waals surface area contributed by atoms with Gasteiger partial charge in [0.05, 0.1) is 5.02 Å². The van der Waals surface area contributed by atoms with Crippen molar-refractivity contribution >= 4 is 23.3 Å². The Morgan fingerprint density at radius 1 is 1.32 bits per heavy atom. The molecule has 1 aliphatic rings. The zero-order chi connectivity index (χ0) is 20.6. The van der Waals surface area contributed by atoms with E-state index < -0.39 is 18.5 Å². The van der Waals surface area contributed by atoms with Gasteiger partial charge in [-0.2, -0.15) is 18.3 Å². The Morgan fingerprint density at radius 2 is 2.00 bits per heavy atom. The number of piperidine rings is 1. The fourth-order valence-corrected chi connectivity index (χ4v) is 2.96. The van der Waals surface area contributed by atoms with E-state index in [4.69, 9.17) is 16.3 Å². The number of para-hydroxylation sites is 1. The summed E-state index contributed by atoms with van der Waals surface area (Å²) in [5.74, 6) is 0.383. The van der Waals surface area contributed by atoms with Crippen LogP contribution in [0, 0.1) is 0 Å². The second kappa shape index (κ2) is 10.4. The lowest BCUT2D eigenvalue weighted by atomic mass is 10.1. The SMILES string of the molecule is CNC(=O)/C(=N\NCCCC(F)(F)F)N1CCC(Oc2ccccc2Cl)CC1. The lowest BCUT2D eigenvalue weighted by Crippen LogP contribution is -2.48. The molecule has 156 valence electrons. The van der Waals surface area contributed by atoms with Crippen molar-refractivity contribution in [2.24, 2.45) is 5.10 Å². The summed E-state index contributed by atoms with van der Waals surface area (Å²) in [4.78, 5) is 13.9. The first kappa shape index (κ1) is 22.1. The second-order valence-corrected chi connectivity index (χ2v) is 6.78. The summed E-state index contributed by atoms with van der Waals surface area (Å²) in [5.41, 5.74) is 2.57. The average molecular weight is 421 g/mol. The van der Waals surface area contributed by atoms with Crippen LogP contribution in [0.3, 0.4) is 0 Å². The van der Waals surface area contributed by atoms with E-state index in [9.17, 15) is 18.0 Å². The van der Waals surface area contributed by atoms with E-state index in [0.29, 0.717) is 36.7 Å². The summed E-state index contributed by atoms with van der Waals surface area (Å²) in [7, 11) is 1.48. The zero-order valence-corrected chi connectivity index (χ0v) is 16.3. The number of hydrazone groups is 1. The quantitative estimate of drug-likeness (QED) is 0.321. The van der Waals surface area contributed by atoms with E-state index in [1.165, 1.54) is 7.05 Å². The number of likely N-dealkylation sites (N-methyl/N-ethyl adjacent to an activating group) is 1. The minimum atomic E-state index is -4.20. The normalized spacial score (nSPS) is 16.0. The van der Waals surface area contributed by atoms with Crippen LogP contribution in [0.15, 0.2) is 29.4 Å². The molecule has 1 aromatic rings. The molecule has 6 nitrogen and oxygen atoms in total. The van der Waals surface area contributed by atoms with Gasteiger partial charge in [-0.05, 0) is 18.6 Å². The standard InChI is InChI=1S/C18H24ClF3N4O2/c1-23-17(27)16(25-24-10-4-9-18(20,21)22)26-11-7-13(8-12-26)28-15-6-3-2-5-14(15)19/h2-3,5-6,13,24H,4,7-12H2,1H3,(H,23,27)/b25-16+. The molecule has 1 heterocycles. The maximum absolute atomic E-state index is 12.2.